The number of ether oxygens (including phenoxy) is 1. The normalized spacial score (nSPS) is 18.2. The summed E-state index contributed by atoms with van der Waals surface area (Å²) in [6, 6.07) is 5.64. The molecule has 2 aliphatic rings. The van der Waals surface area contributed by atoms with Crippen molar-refractivity contribution in [3.8, 4) is 5.82 Å². The predicted molar refractivity (Wildman–Crippen MR) is 101 cm³/mol. The standard InChI is InChI=1S/C20H22N6O2/c1-14-16(13-23-26(14)17-4-2-3-8-21-17)19(27)25-9-6-20(7-10-25)18-15(5-11-28-20)12-22-24-18/h2-4,8,12-13H,5-7,9-11H2,1H3,(H,22,24). The van der Waals surface area contributed by atoms with Gasteiger partial charge in [0.15, 0.2) is 5.82 Å². The summed E-state index contributed by atoms with van der Waals surface area (Å²) in [4.78, 5) is 19.3. The maximum atomic E-state index is 13.1. The lowest BCUT2D eigenvalue weighted by Gasteiger charge is -2.43. The van der Waals surface area contributed by atoms with Gasteiger partial charge in [0.1, 0.15) is 5.60 Å². The number of aromatic amines is 1. The number of amides is 1. The Hall–Kier alpha value is -3.00. The maximum Gasteiger partial charge on any atom is 0.257 e. The van der Waals surface area contributed by atoms with Crippen LogP contribution >= 0.6 is 0 Å². The second-order valence-electron chi connectivity index (χ2n) is 7.40. The first-order valence-electron chi connectivity index (χ1n) is 9.60. The maximum absolute atomic E-state index is 13.1. The van der Waals surface area contributed by atoms with Crippen molar-refractivity contribution in [2.75, 3.05) is 19.7 Å². The number of likely N-dealkylation sites (tertiary alicyclic amines) is 1. The van der Waals surface area contributed by atoms with Crippen LogP contribution in [0.1, 0.15) is 40.2 Å². The van der Waals surface area contributed by atoms with E-state index in [1.165, 1.54) is 5.56 Å². The van der Waals surface area contributed by atoms with Gasteiger partial charge >= 0.3 is 0 Å². The van der Waals surface area contributed by atoms with Crippen LogP contribution in [0, 0.1) is 6.92 Å². The first-order valence-corrected chi connectivity index (χ1v) is 9.60. The Labute approximate surface area is 162 Å². The Bertz CT molecular complexity index is 1000. The molecule has 28 heavy (non-hydrogen) atoms. The van der Waals surface area contributed by atoms with Gasteiger partial charge in [0, 0.05) is 19.3 Å². The summed E-state index contributed by atoms with van der Waals surface area (Å²) in [5.41, 5.74) is 3.40. The lowest BCUT2D eigenvalue weighted by molar-refractivity contribution is -0.0962. The second kappa shape index (κ2) is 6.56. The molecule has 0 aromatic carbocycles. The van der Waals surface area contributed by atoms with Crippen LogP contribution in [0.4, 0.5) is 0 Å². The van der Waals surface area contributed by atoms with Crippen molar-refractivity contribution in [3.63, 3.8) is 0 Å². The highest BCUT2D eigenvalue weighted by molar-refractivity contribution is 5.95. The number of pyridine rings is 1. The van der Waals surface area contributed by atoms with Gasteiger partial charge in [0.2, 0.25) is 0 Å². The van der Waals surface area contributed by atoms with Crippen LogP contribution in [0.15, 0.2) is 36.8 Å². The number of fused-ring (bicyclic) bond motifs is 2. The van der Waals surface area contributed by atoms with E-state index in [0.717, 1.165) is 30.7 Å². The minimum absolute atomic E-state index is 0.00942. The number of carbonyl (C=O) groups is 1. The zero-order valence-corrected chi connectivity index (χ0v) is 15.8. The second-order valence-corrected chi connectivity index (χ2v) is 7.40. The predicted octanol–water partition coefficient (Wildman–Crippen LogP) is 2.00. The zero-order chi connectivity index (χ0) is 19.1. The van der Waals surface area contributed by atoms with E-state index >= 15 is 0 Å². The molecular formula is C20H22N6O2. The monoisotopic (exact) mass is 378 g/mol. The summed E-state index contributed by atoms with van der Waals surface area (Å²) in [6.45, 7) is 3.90. The van der Waals surface area contributed by atoms with Crippen LogP contribution in [-0.4, -0.2) is 55.5 Å². The number of piperidine rings is 1. The highest BCUT2D eigenvalue weighted by Crippen LogP contribution is 2.40. The quantitative estimate of drug-likeness (QED) is 0.737. The van der Waals surface area contributed by atoms with Crippen LogP contribution < -0.4 is 0 Å². The third-order valence-corrected chi connectivity index (χ3v) is 5.89. The molecule has 0 aliphatic carbocycles. The summed E-state index contributed by atoms with van der Waals surface area (Å²) in [7, 11) is 0. The number of nitrogens with zero attached hydrogens (tertiary/aromatic N) is 5. The Morgan fingerprint density at radius 3 is 2.89 bits per heavy atom. The molecule has 5 rings (SSSR count). The van der Waals surface area contributed by atoms with Crippen molar-refractivity contribution in [2.24, 2.45) is 0 Å². The van der Waals surface area contributed by atoms with E-state index in [0.29, 0.717) is 31.1 Å². The van der Waals surface area contributed by atoms with E-state index in [-0.39, 0.29) is 11.5 Å². The number of hydrogen-bond acceptors (Lipinski definition) is 5. The van der Waals surface area contributed by atoms with Crippen molar-refractivity contribution in [1.82, 2.24) is 29.9 Å². The largest absolute Gasteiger partial charge is 0.368 e. The van der Waals surface area contributed by atoms with E-state index in [1.807, 2.05) is 36.2 Å². The molecule has 1 saturated heterocycles. The molecule has 1 N–H and O–H groups in total. The van der Waals surface area contributed by atoms with Gasteiger partial charge in [-0.15, -0.1) is 0 Å². The summed E-state index contributed by atoms with van der Waals surface area (Å²) < 4.78 is 7.88. The topological polar surface area (TPSA) is 88.9 Å². The van der Waals surface area contributed by atoms with Crippen LogP contribution in [0.3, 0.4) is 0 Å². The van der Waals surface area contributed by atoms with Crippen molar-refractivity contribution in [2.45, 2.75) is 31.8 Å². The summed E-state index contributed by atoms with van der Waals surface area (Å²) in [5, 5.41) is 11.7. The van der Waals surface area contributed by atoms with Crippen LogP contribution in [0.5, 0.6) is 0 Å². The lowest BCUT2D eigenvalue weighted by atomic mass is 9.83. The molecule has 1 spiro atoms. The minimum Gasteiger partial charge on any atom is -0.368 e. The Kier molecular flexibility index (Phi) is 4.01. The van der Waals surface area contributed by atoms with Gasteiger partial charge in [-0.05, 0) is 43.9 Å². The highest BCUT2D eigenvalue weighted by atomic mass is 16.5. The average molecular weight is 378 g/mol. The summed E-state index contributed by atoms with van der Waals surface area (Å²) in [5.74, 6) is 0.717. The van der Waals surface area contributed by atoms with Crippen molar-refractivity contribution >= 4 is 5.91 Å². The van der Waals surface area contributed by atoms with Crippen LogP contribution in [0.2, 0.25) is 0 Å². The number of nitrogens with one attached hydrogen (secondary N) is 1. The van der Waals surface area contributed by atoms with Crippen molar-refractivity contribution < 1.29 is 9.53 Å². The van der Waals surface area contributed by atoms with Crippen molar-refractivity contribution in [3.05, 3.63) is 59.3 Å². The Morgan fingerprint density at radius 1 is 1.25 bits per heavy atom. The molecule has 2 aliphatic heterocycles. The molecule has 0 saturated carbocycles. The van der Waals surface area contributed by atoms with E-state index in [4.69, 9.17) is 4.74 Å². The van der Waals surface area contributed by atoms with Crippen molar-refractivity contribution in [1.29, 1.82) is 0 Å². The molecule has 0 radical (unpaired) electrons. The Balaban J connectivity index is 1.34. The molecule has 1 fully saturated rings. The molecule has 8 nitrogen and oxygen atoms in total. The fourth-order valence-electron chi connectivity index (χ4n) is 4.29. The van der Waals surface area contributed by atoms with E-state index in [9.17, 15) is 4.79 Å². The van der Waals surface area contributed by atoms with Gasteiger partial charge in [-0.3, -0.25) is 9.89 Å². The number of carbonyl (C=O) groups excluding carboxylic acids is 1. The molecule has 144 valence electrons. The molecule has 8 heteroatoms. The lowest BCUT2D eigenvalue weighted by Crippen LogP contribution is -2.48. The molecule has 5 heterocycles. The van der Waals surface area contributed by atoms with Gasteiger partial charge in [0.05, 0.1) is 36.0 Å². The number of aromatic nitrogens is 5. The third kappa shape index (κ3) is 2.63. The molecule has 0 atom stereocenters. The fourth-order valence-corrected chi connectivity index (χ4v) is 4.29. The molecule has 0 bridgehead atoms. The third-order valence-electron chi connectivity index (χ3n) is 5.89. The number of H-pyrrole nitrogens is 1. The van der Waals surface area contributed by atoms with Gasteiger partial charge < -0.3 is 9.64 Å². The minimum atomic E-state index is -0.339. The van der Waals surface area contributed by atoms with Gasteiger partial charge in [-0.2, -0.15) is 10.2 Å². The van der Waals surface area contributed by atoms with Crippen LogP contribution in [-0.2, 0) is 16.8 Å². The molecule has 3 aromatic heterocycles. The molecule has 0 unspecified atom stereocenters. The van der Waals surface area contributed by atoms with Gasteiger partial charge in [-0.25, -0.2) is 9.67 Å². The summed E-state index contributed by atoms with van der Waals surface area (Å²) in [6.07, 6.45) is 7.67. The molecule has 3 aromatic rings. The smallest absolute Gasteiger partial charge is 0.257 e. The van der Waals surface area contributed by atoms with E-state index < -0.39 is 0 Å². The summed E-state index contributed by atoms with van der Waals surface area (Å²) >= 11 is 0. The SMILES string of the molecule is Cc1c(C(=O)N2CCC3(CC2)OCCc2cn[nH]c23)cnn1-c1ccccn1. The highest BCUT2D eigenvalue weighted by Gasteiger charge is 2.43. The van der Waals surface area contributed by atoms with Gasteiger partial charge in [0.25, 0.3) is 5.91 Å². The first-order chi connectivity index (χ1) is 13.7. The van der Waals surface area contributed by atoms with Crippen LogP contribution in [0.25, 0.3) is 5.82 Å². The number of hydrogen-bond donors (Lipinski definition) is 1. The van der Waals surface area contributed by atoms with E-state index in [2.05, 4.69) is 20.3 Å². The molecule has 1 amide bonds. The fraction of sp³-hybridized carbons (Fsp3) is 0.400. The number of rotatable bonds is 2. The average Bonchev–Trinajstić information content (AvgIpc) is 3.36. The first kappa shape index (κ1) is 17.1. The zero-order valence-electron chi connectivity index (χ0n) is 15.8. The van der Waals surface area contributed by atoms with Gasteiger partial charge in [-0.1, -0.05) is 6.07 Å². The Morgan fingerprint density at radius 2 is 2.11 bits per heavy atom. The molecular weight excluding hydrogens is 356 g/mol. The van der Waals surface area contributed by atoms with E-state index in [1.54, 1.807) is 17.1 Å².